The van der Waals surface area contributed by atoms with Crippen LogP contribution in [0.5, 0.6) is 5.88 Å². The third kappa shape index (κ3) is 4.05. The molecule has 1 N–H and O–H groups in total. The van der Waals surface area contributed by atoms with Crippen molar-refractivity contribution in [3.8, 4) is 5.88 Å². The van der Waals surface area contributed by atoms with Crippen LogP contribution < -0.4 is 10.1 Å². The highest BCUT2D eigenvalue weighted by atomic mass is 16.5. The van der Waals surface area contributed by atoms with Gasteiger partial charge in [-0.15, -0.1) is 0 Å². The molecule has 0 unspecified atom stereocenters. The molecule has 0 spiro atoms. The predicted octanol–water partition coefficient (Wildman–Crippen LogP) is 0.626. The van der Waals surface area contributed by atoms with Crippen molar-refractivity contribution >= 4 is 11.7 Å². The first-order valence-electron chi connectivity index (χ1n) is 4.63. The summed E-state index contributed by atoms with van der Waals surface area (Å²) in [7, 11) is 1.59. The summed E-state index contributed by atoms with van der Waals surface area (Å²) in [5.41, 5.74) is 0. The standard InChI is InChI=1S/C10H13N3O3/c1-3-9(14)13-8-6-12-10(7-11-8)16-5-4-15-2/h3,6-7H,1,4-5H2,2H3,(H,11,13,14). The van der Waals surface area contributed by atoms with Gasteiger partial charge in [-0.05, 0) is 6.08 Å². The highest BCUT2D eigenvalue weighted by Gasteiger charge is 2.00. The number of hydrogen-bond acceptors (Lipinski definition) is 5. The van der Waals surface area contributed by atoms with Crippen LogP contribution in [0.2, 0.25) is 0 Å². The first-order chi connectivity index (χ1) is 7.76. The minimum absolute atomic E-state index is 0.331. The van der Waals surface area contributed by atoms with Gasteiger partial charge < -0.3 is 14.8 Å². The summed E-state index contributed by atoms with van der Waals surface area (Å²) in [5, 5.41) is 2.48. The van der Waals surface area contributed by atoms with Gasteiger partial charge in [0, 0.05) is 7.11 Å². The van der Waals surface area contributed by atoms with Crippen molar-refractivity contribution in [1.82, 2.24) is 9.97 Å². The molecule has 0 aromatic carbocycles. The summed E-state index contributed by atoms with van der Waals surface area (Å²) in [6.07, 6.45) is 3.99. The van der Waals surface area contributed by atoms with Crippen LogP contribution in [0, 0.1) is 0 Å². The van der Waals surface area contributed by atoms with Crippen molar-refractivity contribution in [2.75, 3.05) is 25.6 Å². The van der Waals surface area contributed by atoms with Crippen LogP contribution in [0.15, 0.2) is 25.0 Å². The van der Waals surface area contributed by atoms with Crippen LogP contribution in [-0.4, -0.2) is 36.2 Å². The van der Waals surface area contributed by atoms with Gasteiger partial charge in [0.05, 0.1) is 19.0 Å². The van der Waals surface area contributed by atoms with Crippen molar-refractivity contribution in [2.45, 2.75) is 0 Å². The molecule has 0 atom stereocenters. The molecule has 0 radical (unpaired) electrons. The number of anilines is 1. The lowest BCUT2D eigenvalue weighted by Gasteiger charge is -2.04. The Bertz CT molecular complexity index is 351. The van der Waals surface area contributed by atoms with Gasteiger partial charge in [-0.3, -0.25) is 4.79 Å². The molecule has 0 aliphatic carbocycles. The molecule has 0 saturated carbocycles. The lowest BCUT2D eigenvalue weighted by atomic mass is 10.5. The normalized spacial score (nSPS) is 9.56. The molecule has 1 heterocycles. The van der Waals surface area contributed by atoms with E-state index in [0.29, 0.717) is 24.9 Å². The molecule has 16 heavy (non-hydrogen) atoms. The minimum atomic E-state index is -0.331. The predicted molar refractivity (Wildman–Crippen MR) is 58.2 cm³/mol. The fourth-order valence-electron chi connectivity index (χ4n) is 0.862. The second kappa shape index (κ2) is 6.52. The van der Waals surface area contributed by atoms with E-state index in [1.165, 1.54) is 12.4 Å². The number of aromatic nitrogens is 2. The number of nitrogens with one attached hydrogen (secondary N) is 1. The maximum Gasteiger partial charge on any atom is 0.248 e. The summed E-state index contributed by atoms with van der Waals surface area (Å²) < 4.78 is 10.0. The summed E-state index contributed by atoms with van der Waals surface area (Å²) in [4.78, 5) is 18.8. The van der Waals surface area contributed by atoms with E-state index in [1.807, 2.05) is 0 Å². The van der Waals surface area contributed by atoms with Crippen molar-refractivity contribution in [1.29, 1.82) is 0 Å². The van der Waals surface area contributed by atoms with Gasteiger partial charge in [-0.1, -0.05) is 6.58 Å². The Morgan fingerprint density at radius 2 is 2.31 bits per heavy atom. The first-order valence-corrected chi connectivity index (χ1v) is 4.63. The van der Waals surface area contributed by atoms with E-state index >= 15 is 0 Å². The topological polar surface area (TPSA) is 73.3 Å². The lowest BCUT2D eigenvalue weighted by molar-refractivity contribution is -0.111. The Labute approximate surface area is 93.3 Å². The maximum absolute atomic E-state index is 10.9. The summed E-state index contributed by atoms with van der Waals surface area (Å²) in [5.74, 6) is 0.403. The SMILES string of the molecule is C=CC(=O)Nc1cnc(OCCOC)cn1. The fraction of sp³-hybridized carbons (Fsp3) is 0.300. The minimum Gasteiger partial charge on any atom is -0.474 e. The Kier molecular flexibility index (Phi) is 4.94. The molecule has 0 fully saturated rings. The Hall–Kier alpha value is -1.95. The molecule has 1 aromatic heterocycles. The van der Waals surface area contributed by atoms with Gasteiger partial charge in [0.25, 0.3) is 0 Å². The maximum atomic E-state index is 10.9. The quantitative estimate of drug-likeness (QED) is 0.565. The number of ether oxygens (including phenoxy) is 2. The van der Waals surface area contributed by atoms with E-state index < -0.39 is 0 Å². The summed E-state index contributed by atoms with van der Waals surface area (Å²) in [6.45, 7) is 4.21. The largest absolute Gasteiger partial charge is 0.474 e. The molecule has 0 saturated heterocycles. The first kappa shape index (κ1) is 12.1. The van der Waals surface area contributed by atoms with Crippen molar-refractivity contribution in [3.63, 3.8) is 0 Å². The number of methoxy groups -OCH3 is 1. The van der Waals surface area contributed by atoms with Crippen molar-refractivity contribution < 1.29 is 14.3 Å². The van der Waals surface area contributed by atoms with Gasteiger partial charge in [-0.25, -0.2) is 9.97 Å². The fourth-order valence-corrected chi connectivity index (χ4v) is 0.862. The molecule has 1 aromatic rings. The molecule has 6 nitrogen and oxygen atoms in total. The molecule has 86 valence electrons. The zero-order valence-electron chi connectivity index (χ0n) is 8.97. The number of amides is 1. The van der Waals surface area contributed by atoms with Crippen molar-refractivity contribution in [2.24, 2.45) is 0 Å². The van der Waals surface area contributed by atoms with Gasteiger partial charge in [0.2, 0.25) is 11.8 Å². The molecule has 0 aliphatic heterocycles. The van der Waals surface area contributed by atoms with Crippen LogP contribution in [-0.2, 0) is 9.53 Å². The highest BCUT2D eigenvalue weighted by molar-refractivity contribution is 5.98. The average molecular weight is 223 g/mol. The van der Waals surface area contributed by atoms with Crippen LogP contribution in [0.1, 0.15) is 0 Å². The average Bonchev–Trinajstić information content (AvgIpc) is 2.31. The molecule has 1 rings (SSSR count). The van der Waals surface area contributed by atoms with Crippen LogP contribution in [0.25, 0.3) is 0 Å². The van der Waals surface area contributed by atoms with Crippen LogP contribution in [0.4, 0.5) is 5.82 Å². The van der Waals surface area contributed by atoms with E-state index in [4.69, 9.17) is 9.47 Å². The van der Waals surface area contributed by atoms with Crippen molar-refractivity contribution in [3.05, 3.63) is 25.0 Å². The number of carbonyl (C=O) groups excluding carboxylic acids is 1. The third-order valence-corrected chi connectivity index (χ3v) is 1.60. The summed E-state index contributed by atoms with van der Waals surface area (Å²) >= 11 is 0. The van der Waals surface area contributed by atoms with Crippen LogP contribution in [0.3, 0.4) is 0 Å². The van der Waals surface area contributed by atoms with E-state index in [-0.39, 0.29) is 5.91 Å². The monoisotopic (exact) mass is 223 g/mol. The number of rotatable bonds is 6. The van der Waals surface area contributed by atoms with E-state index in [1.54, 1.807) is 7.11 Å². The van der Waals surface area contributed by atoms with E-state index in [9.17, 15) is 4.79 Å². The second-order valence-corrected chi connectivity index (χ2v) is 2.77. The Morgan fingerprint density at radius 3 is 2.88 bits per heavy atom. The van der Waals surface area contributed by atoms with E-state index in [0.717, 1.165) is 6.08 Å². The molecule has 0 aliphatic rings. The number of carbonyl (C=O) groups is 1. The zero-order valence-corrected chi connectivity index (χ0v) is 8.97. The molecular formula is C10H13N3O3. The summed E-state index contributed by atoms with van der Waals surface area (Å²) in [6, 6.07) is 0. The molecule has 1 amide bonds. The second-order valence-electron chi connectivity index (χ2n) is 2.77. The van der Waals surface area contributed by atoms with E-state index in [2.05, 4.69) is 21.9 Å². The Morgan fingerprint density at radius 1 is 1.50 bits per heavy atom. The van der Waals surface area contributed by atoms with Gasteiger partial charge in [-0.2, -0.15) is 0 Å². The molecule has 0 bridgehead atoms. The highest BCUT2D eigenvalue weighted by Crippen LogP contribution is 2.07. The smallest absolute Gasteiger partial charge is 0.248 e. The molecular weight excluding hydrogens is 210 g/mol. The van der Waals surface area contributed by atoms with Gasteiger partial charge in [0.1, 0.15) is 6.61 Å². The van der Waals surface area contributed by atoms with Crippen LogP contribution >= 0.6 is 0 Å². The Balaban J connectivity index is 2.47. The van der Waals surface area contributed by atoms with Gasteiger partial charge >= 0.3 is 0 Å². The zero-order chi connectivity index (χ0) is 11.8. The third-order valence-electron chi connectivity index (χ3n) is 1.60. The number of nitrogens with zero attached hydrogens (tertiary/aromatic N) is 2. The number of hydrogen-bond donors (Lipinski definition) is 1. The molecule has 6 heteroatoms. The lowest BCUT2D eigenvalue weighted by Crippen LogP contribution is -2.10. The van der Waals surface area contributed by atoms with Gasteiger partial charge in [0.15, 0.2) is 5.82 Å².